The van der Waals surface area contributed by atoms with Crippen molar-refractivity contribution >= 4 is 22.1 Å². The van der Waals surface area contributed by atoms with Crippen molar-refractivity contribution in [2.24, 2.45) is 0 Å². The normalized spacial score (nSPS) is 15.3. The number of rotatable bonds is 6. The van der Waals surface area contributed by atoms with Crippen LogP contribution in [-0.4, -0.2) is 28.8 Å². The van der Waals surface area contributed by atoms with Crippen LogP contribution in [0.4, 0.5) is 0 Å². The molecule has 2 nitrogen and oxygen atoms in total. The summed E-state index contributed by atoms with van der Waals surface area (Å²) < 4.78 is 11.0. The van der Waals surface area contributed by atoms with Crippen molar-refractivity contribution in [1.29, 1.82) is 0 Å². The van der Waals surface area contributed by atoms with Gasteiger partial charge < -0.3 is 5.32 Å². The highest BCUT2D eigenvalue weighted by Gasteiger charge is 2.04. The Bertz CT molecular complexity index is 272. The molecule has 0 aromatic carbocycles. The summed E-state index contributed by atoms with van der Waals surface area (Å²) in [6, 6.07) is 2.15. The highest BCUT2D eigenvalue weighted by atomic mass is 32.2. The molecule has 1 heterocycles. The fourth-order valence-electron chi connectivity index (χ4n) is 1.09. The van der Waals surface area contributed by atoms with Crippen molar-refractivity contribution < 1.29 is 4.21 Å². The molecule has 1 rings (SSSR count). The van der Waals surface area contributed by atoms with Gasteiger partial charge in [0.1, 0.15) is 0 Å². The van der Waals surface area contributed by atoms with Crippen LogP contribution in [0.15, 0.2) is 16.8 Å². The van der Waals surface area contributed by atoms with E-state index in [9.17, 15) is 4.21 Å². The van der Waals surface area contributed by atoms with E-state index in [1.807, 2.05) is 6.92 Å². The maximum Gasteiger partial charge on any atom is 0.0441 e. The minimum atomic E-state index is -0.711. The lowest BCUT2D eigenvalue weighted by Gasteiger charge is -2.08. The Hall–Kier alpha value is -0.190. The summed E-state index contributed by atoms with van der Waals surface area (Å²) >= 11 is 1.73. The Morgan fingerprint density at radius 2 is 2.43 bits per heavy atom. The van der Waals surface area contributed by atoms with Crippen molar-refractivity contribution in [3.63, 3.8) is 0 Å². The van der Waals surface area contributed by atoms with Gasteiger partial charge in [-0.05, 0) is 42.3 Å². The van der Waals surface area contributed by atoms with Crippen LogP contribution in [0.5, 0.6) is 0 Å². The van der Waals surface area contributed by atoms with Crippen LogP contribution >= 0.6 is 11.3 Å². The van der Waals surface area contributed by atoms with Crippen LogP contribution in [0, 0.1) is 0 Å². The predicted molar refractivity (Wildman–Crippen MR) is 64.4 cm³/mol. The quantitative estimate of drug-likeness (QED) is 0.754. The number of hydrogen-bond donors (Lipinski definition) is 1. The largest absolute Gasteiger partial charge is 0.315 e. The molecule has 0 aliphatic heterocycles. The first-order valence-corrected chi connectivity index (χ1v) is 7.30. The lowest BCUT2D eigenvalue weighted by atomic mass is 10.2. The van der Waals surface area contributed by atoms with Gasteiger partial charge in [0.25, 0.3) is 0 Å². The Morgan fingerprint density at radius 1 is 1.64 bits per heavy atom. The molecule has 0 aliphatic carbocycles. The minimum absolute atomic E-state index is 0.248. The zero-order valence-electron chi connectivity index (χ0n) is 8.66. The summed E-state index contributed by atoms with van der Waals surface area (Å²) in [7, 11) is -0.711. The third-order valence-electron chi connectivity index (χ3n) is 2.17. The number of nitrogens with one attached hydrogen (secondary N) is 1. The third kappa shape index (κ3) is 4.35. The van der Waals surface area contributed by atoms with Crippen LogP contribution in [0.25, 0.3) is 0 Å². The summed E-state index contributed by atoms with van der Waals surface area (Å²) in [5.41, 5.74) is 1.38. The molecule has 0 radical (unpaired) electrons. The Morgan fingerprint density at radius 3 is 3.00 bits per heavy atom. The van der Waals surface area contributed by atoms with Crippen LogP contribution in [0.1, 0.15) is 12.5 Å². The van der Waals surface area contributed by atoms with Gasteiger partial charge in [0.2, 0.25) is 0 Å². The Balaban J connectivity index is 2.08. The molecule has 0 bridgehead atoms. The number of thiophene rings is 1. The van der Waals surface area contributed by atoms with Crippen molar-refractivity contribution in [3.8, 4) is 0 Å². The van der Waals surface area contributed by atoms with E-state index >= 15 is 0 Å². The molecule has 0 saturated carbocycles. The molecule has 0 spiro atoms. The van der Waals surface area contributed by atoms with E-state index in [-0.39, 0.29) is 5.25 Å². The average Bonchev–Trinajstić information content (AvgIpc) is 2.64. The van der Waals surface area contributed by atoms with E-state index in [1.54, 1.807) is 17.6 Å². The fourth-order valence-corrected chi connectivity index (χ4v) is 2.15. The van der Waals surface area contributed by atoms with Crippen molar-refractivity contribution in [1.82, 2.24) is 5.32 Å². The average molecular weight is 231 g/mol. The molecule has 80 valence electrons. The molecular weight excluding hydrogens is 214 g/mol. The zero-order chi connectivity index (χ0) is 10.4. The molecule has 1 aromatic heterocycles. The first kappa shape index (κ1) is 11.9. The van der Waals surface area contributed by atoms with E-state index in [4.69, 9.17) is 0 Å². The van der Waals surface area contributed by atoms with E-state index in [0.717, 1.165) is 19.5 Å². The van der Waals surface area contributed by atoms with E-state index in [2.05, 4.69) is 22.1 Å². The van der Waals surface area contributed by atoms with Gasteiger partial charge in [-0.2, -0.15) is 11.3 Å². The molecule has 14 heavy (non-hydrogen) atoms. The molecule has 2 atom stereocenters. The Labute approximate surface area is 92.2 Å². The maximum atomic E-state index is 11.0. The lowest BCUT2D eigenvalue weighted by molar-refractivity contribution is 0.646. The summed E-state index contributed by atoms with van der Waals surface area (Å²) in [5, 5.41) is 7.83. The van der Waals surface area contributed by atoms with Gasteiger partial charge >= 0.3 is 0 Å². The van der Waals surface area contributed by atoms with E-state index in [1.165, 1.54) is 5.56 Å². The Kier molecular flexibility index (Phi) is 5.37. The predicted octanol–water partition coefficient (Wildman–Crippen LogP) is 1.65. The molecular formula is C10H17NOS2. The third-order valence-corrected chi connectivity index (χ3v) is 4.20. The second-order valence-corrected chi connectivity index (χ2v) is 5.98. The molecule has 0 aliphatic rings. The van der Waals surface area contributed by atoms with Crippen LogP contribution in [-0.2, 0) is 17.2 Å². The van der Waals surface area contributed by atoms with Crippen LogP contribution in [0.2, 0.25) is 0 Å². The molecule has 0 fully saturated rings. The molecule has 1 aromatic rings. The molecule has 0 amide bonds. The molecule has 0 saturated heterocycles. The summed E-state index contributed by atoms with van der Waals surface area (Å²) in [6.07, 6.45) is 2.82. The van der Waals surface area contributed by atoms with Gasteiger partial charge in [-0.15, -0.1) is 0 Å². The minimum Gasteiger partial charge on any atom is -0.315 e. The highest BCUT2D eigenvalue weighted by molar-refractivity contribution is 7.84. The fraction of sp³-hybridized carbons (Fsp3) is 0.600. The van der Waals surface area contributed by atoms with Gasteiger partial charge in [-0.3, -0.25) is 4.21 Å². The lowest BCUT2D eigenvalue weighted by Crippen LogP contribution is -2.28. The number of hydrogen-bond acceptors (Lipinski definition) is 3. The standard InChI is InChI=1S/C10H17NOS2/c1-9(14(2)12)7-11-5-3-10-4-6-13-8-10/h4,6,8-9,11H,3,5,7H2,1-2H3. The monoisotopic (exact) mass is 231 g/mol. The smallest absolute Gasteiger partial charge is 0.0441 e. The molecule has 2 unspecified atom stereocenters. The van der Waals surface area contributed by atoms with Crippen molar-refractivity contribution in [2.75, 3.05) is 19.3 Å². The summed E-state index contributed by atoms with van der Waals surface area (Å²) in [6.45, 7) is 3.82. The SMILES string of the molecule is CC(CNCCc1ccsc1)S(C)=O. The second kappa shape index (κ2) is 6.32. The van der Waals surface area contributed by atoms with Crippen molar-refractivity contribution in [2.45, 2.75) is 18.6 Å². The zero-order valence-corrected chi connectivity index (χ0v) is 10.3. The molecule has 4 heteroatoms. The van der Waals surface area contributed by atoms with Gasteiger partial charge in [0, 0.05) is 28.9 Å². The van der Waals surface area contributed by atoms with Crippen LogP contribution in [0.3, 0.4) is 0 Å². The maximum absolute atomic E-state index is 11.0. The van der Waals surface area contributed by atoms with E-state index in [0.29, 0.717) is 0 Å². The molecule has 1 N–H and O–H groups in total. The van der Waals surface area contributed by atoms with Gasteiger partial charge in [-0.1, -0.05) is 0 Å². The van der Waals surface area contributed by atoms with Gasteiger partial charge in [0.15, 0.2) is 0 Å². The van der Waals surface area contributed by atoms with Crippen molar-refractivity contribution in [3.05, 3.63) is 22.4 Å². The van der Waals surface area contributed by atoms with Gasteiger partial charge in [-0.25, -0.2) is 0 Å². The first-order valence-electron chi connectivity index (χ1n) is 4.74. The van der Waals surface area contributed by atoms with Crippen LogP contribution < -0.4 is 5.32 Å². The highest BCUT2D eigenvalue weighted by Crippen LogP contribution is 2.05. The van der Waals surface area contributed by atoms with Gasteiger partial charge in [0.05, 0.1) is 0 Å². The summed E-state index contributed by atoms with van der Waals surface area (Å²) in [5.74, 6) is 0. The first-order chi connectivity index (χ1) is 6.70. The topological polar surface area (TPSA) is 29.1 Å². The van der Waals surface area contributed by atoms with E-state index < -0.39 is 10.8 Å². The summed E-state index contributed by atoms with van der Waals surface area (Å²) in [4.78, 5) is 0. The second-order valence-electron chi connectivity index (χ2n) is 3.39.